The molecule has 698 valence electrons. The molecule has 0 N–H and O–H groups in total. The molecule has 10 rings (SSSR count). The van der Waals surface area contributed by atoms with Gasteiger partial charge in [-0.2, -0.15) is 9.60 Å². The van der Waals surface area contributed by atoms with Crippen LogP contribution < -0.4 is 19.9 Å². The van der Waals surface area contributed by atoms with E-state index in [9.17, 15) is 0 Å². The van der Waals surface area contributed by atoms with Gasteiger partial charge in [-0.15, -0.1) is 0 Å². The molecule has 5 heteroatoms. The van der Waals surface area contributed by atoms with Gasteiger partial charge in [0.2, 0.25) is 0 Å². The molecule has 0 unspecified atom stereocenters. The third kappa shape index (κ3) is 30.6. The number of hydrogen-bond donors (Lipinski definition) is 0. The van der Waals surface area contributed by atoms with Gasteiger partial charge in [0.15, 0.2) is 11.1 Å². The van der Waals surface area contributed by atoms with Crippen molar-refractivity contribution in [3.63, 3.8) is 0 Å². The van der Waals surface area contributed by atoms with E-state index in [4.69, 9.17) is 4.42 Å². The Kier molecular flexibility index (Phi) is 46.7. The van der Waals surface area contributed by atoms with E-state index in [1.54, 1.807) is 6.07 Å². The normalized spacial score (nSPS) is 12.1. The second kappa shape index (κ2) is 58.6. The number of hydrogen-bond acceptors (Lipinski definition) is 4. The Morgan fingerprint density at radius 3 is 0.791 bits per heavy atom. The summed E-state index contributed by atoms with van der Waals surface area (Å²) in [6, 6.07) is 93.7. The summed E-state index contributed by atoms with van der Waals surface area (Å²) in [6.07, 6.45) is 67.6. The molecular formula is C124H176N3O2+. The first-order valence-electron chi connectivity index (χ1n) is 53.8. The fourth-order valence-corrected chi connectivity index (χ4v) is 21.8. The van der Waals surface area contributed by atoms with Crippen molar-refractivity contribution in [1.82, 2.24) is 4.59 Å². The fraction of sp³-hybridized carbons (Fsp3) is 0.540. The highest BCUT2D eigenvalue weighted by atomic mass is 16.3. The maximum Gasteiger partial charge on any atom is 0.193 e. The van der Waals surface area contributed by atoms with Crippen molar-refractivity contribution in [3.05, 3.63) is 286 Å². The van der Waals surface area contributed by atoms with Crippen LogP contribution in [0.5, 0.6) is 0 Å². The van der Waals surface area contributed by atoms with Crippen LogP contribution in [-0.4, -0.2) is 13.1 Å². The highest BCUT2D eigenvalue weighted by Gasteiger charge is 2.42. The summed E-state index contributed by atoms with van der Waals surface area (Å²) < 4.78 is 8.03. The fourth-order valence-electron chi connectivity index (χ4n) is 21.8. The summed E-state index contributed by atoms with van der Waals surface area (Å²) in [5, 5.41) is 3.32. The molecule has 1 heterocycles. The Hall–Kier alpha value is -8.25. The van der Waals surface area contributed by atoms with Crippen molar-refractivity contribution >= 4 is 45.1 Å². The van der Waals surface area contributed by atoms with Crippen LogP contribution in [0.15, 0.2) is 252 Å². The van der Waals surface area contributed by atoms with Gasteiger partial charge in [-0.25, -0.2) is 0 Å². The smallest absolute Gasteiger partial charge is 0.193 e. The molecule has 0 amide bonds. The molecule has 0 saturated carbocycles. The monoisotopic (exact) mass is 1740 g/mol. The lowest BCUT2D eigenvalue weighted by molar-refractivity contribution is 0.261. The minimum atomic E-state index is -0.125. The van der Waals surface area contributed by atoms with Gasteiger partial charge < -0.3 is 9.32 Å². The maximum atomic E-state index is 15.2. The SMILES string of the molecule is CCCCCCCCC(CCCCCCCC)(c1ccccc1)c1ccc(N(c2ccc(C(CCCCCCCC)(CCCCCCCC)c3ccccc3)cc2)c2ccc3c(=O)cc(-c4ccc(N(c5ccc(C(CCCCCCCC)(CCCCCCCC)c6ccccc6)cc5)[N+](CCCCCCCC)(CCCCCCCC)c5ccccc5)cc4)oc3c2)cc1. The van der Waals surface area contributed by atoms with Crippen LogP contribution in [0.3, 0.4) is 0 Å². The molecule has 0 spiro atoms. The average molecular weight is 1740 g/mol. The molecule has 0 radical (unpaired) electrons. The Labute approximate surface area is 787 Å². The molecule has 1 aromatic heterocycles. The highest BCUT2D eigenvalue weighted by Crippen LogP contribution is 2.50. The Morgan fingerprint density at radius 1 is 0.240 bits per heavy atom. The minimum absolute atomic E-state index is 0.0398. The molecule has 5 nitrogen and oxygen atoms in total. The van der Waals surface area contributed by atoms with E-state index in [1.807, 2.05) is 6.07 Å². The number of benzene rings is 9. The van der Waals surface area contributed by atoms with E-state index in [0.717, 1.165) is 92.8 Å². The van der Waals surface area contributed by atoms with Crippen molar-refractivity contribution in [1.29, 1.82) is 0 Å². The number of fused-ring (bicyclic) bond motifs is 1. The predicted octanol–water partition coefficient (Wildman–Crippen LogP) is 39.1. The van der Waals surface area contributed by atoms with Crippen LogP contribution in [-0.2, 0) is 16.2 Å². The van der Waals surface area contributed by atoms with Gasteiger partial charge >= 0.3 is 0 Å². The standard InChI is InChI=1S/C124H176N3O2/c1-9-17-25-33-41-61-95-122(106-69-53-49-54-70-106,96-62-42-34-26-18-10-2)109-79-87-112(88-80-109)125(113-89-81-110(82-90-113)123(107-71-55-50-56-72-107,97-63-43-35-27-19-11-3)98-64-44-36-28-20-12-4)116-93-94-118-119(128)104-120(129-121(118)103-116)105-77-85-114(86-78-105)126(127(117-75-59-52-60-76-117,101-67-47-39-31-23-15-7)102-68-48-40-32-24-16-8)115-91-83-111(84-92-115)124(108-73-57-51-58-74-108,99-65-45-37-29-21-13-5)100-66-46-38-30-22-14-6/h49-60,69-94,103-104H,9-48,61-68,95-102H2,1-8H3/q+1. The molecule has 0 saturated heterocycles. The number of unbranched alkanes of at least 4 members (excludes halogenated alkanes) is 40. The summed E-state index contributed by atoms with van der Waals surface area (Å²) >= 11 is 0. The second-order valence-electron chi connectivity index (χ2n) is 39.2. The van der Waals surface area contributed by atoms with Crippen molar-refractivity contribution in [3.8, 4) is 11.3 Å². The van der Waals surface area contributed by atoms with Gasteiger partial charge in [0.05, 0.1) is 16.8 Å². The van der Waals surface area contributed by atoms with Gasteiger partial charge in [-0.1, -0.05) is 483 Å². The van der Waals surface area contributed by atoms with Crippen LogP contribution >= 0.6 is 0 Å². The molecule has 0 bridgehead atoms. The minimum Gasteiger partial charge on any atom is -0.456 e. The lowest BCUT2D eigenvalue weighted by atomic mass is 9.67. The van der Waals surface area contributed by atoms with E-state index in [0.29, 0.717) is 21.3 Å². The molecule has 9 aromatic carbocycles. The predicted molar refractivity (Wildman–Crippen MR) is 566 cm³/mol. The molecule has 10 aromatic rings. The van der Waals surface area contributed by atoms with E-state index in [2.05, 4.69) is 296 Å². The second-order valence-corrected chi connectivity index (χ2v) is 39.2. The zero-order chi connectivity index (χ0) is 90.6. The first-order valence-corrected chi connectivity index (χ1v) is 53.8. The number of rotatable bonds is 70. The molecule has 0 fully saturated rings. The van der Waals surface area contributed by atoms with Crippen LogP contribution in [0.2, 0.25) is 0 Å². The number of para-hydroxylation sites is 1. The third-order valence-corrected chi connectivity index (χ3v) is 29.5. The summed E-state index contributed by atoms with van der Waals surface area (Å²) in [5.41, 5.74) is 16.5. The number of quaternary nitrogens is 1. The van der Waals surface area contributed by atoms with Gasteiger partial charge in [-0.05, 0) is 170 Å². The lowest BCUT2D eigenvalue weighted by Crippen LogP contribution is -2.61. The molecule has 0 aliphatic carbocycles. The maximum absolute atomic E-state index is 15.2. The third-order valence-electron chi connectivity index (χ3n) is 29.5. The highest BCUT2D eigenvalue weighted by molar-refractivity contribution is 5.87. The Balaban J connectivity index is 1.12. The molecular weight excluding hydrogens is 1560 g/mol. The number of nitrogens with zero attached hydrogens (tertiary/aromatic N) is 3. The molecule has 0 atom stereocenters. The van der Waals surface area contributed by atoms with Crippen LogP contribution in [0.4, 0.5) is 34.1 Å². The van der Waals surface area contributed by atoms with Gasteiger partial charge in [0.1, 0.15) is 24.4 Å². The number of anilines is 5. The molecule has 129 heavy (non-hydrogen) atoms. The Morgan fingerprint density at radius 2 is 0.488 bits per heavy atom. The van der Waals surface area contributed by atoms with Crippen molar-refractivity contribution in [2.24, 2.45) is 0 Å². The van der Waals surface area contributed by atoms with Crippen molar-refractivity contribution < 1.29 is 4.42 Å². The van der Waals surface area contributed by atoms with E-state index < -0.39 is 0 Å². The van der Waals surface area contributed by atoms with Crippen LogP contribution in [0.25, 0.3) is 22.3 Å². The molecule has 0 aliphatic heterocycles. The first kappa shape index (κ1) is 103. The summed E-state index contributed by atoms with van der Waals surface area (Å²) in [5.74, 6) is 0.573. The zero-order valence-corrected chi connectivity index (χ0v) is 82.9. The lowest BCUT2D eigenvalue weighted by Gasteiger charge is -2.47. The summed E-state index contributed by atoms with van der Waals surface area (Å²) in [7, 11) is 0. The zero-order valence-electron chi connectivity index (χ0n) is 82.9. The summed E-state index contributed by atoms with van der Waals surface area (Å²) in [4.78, 5) is 17.6. The van der Waals surface area contributed by atoms with Crippen molar-refractivity contribution in [2.75, 3.05) is 23.0 Å². The first-order chi connectivity index (χ1) is 63.6. The average Bonchev–Trinajstić information content (AvgIpc) is 0.704. The van der Waals surface area contributed by atoms with Crippen LogP contribution in [0.1, 0.15) is 435 Å². The van der Waals surface area contributed by atoms with Gasteiger partial charge in [-0.3, -0.25) is 4.79 Å². The topological polar surface area (TPSA) is 36.7 Å². The van der Waals surface area contributed by atoms with Crippen molar-refractivity contribution in [2.45, 2.75) is 418 Å². The van der Waals surface area contributed by atoms with E-state index in [-0.39, 0.29) is 21.7 Å². The van der Waals surface area contributed by atoms with E-state index >= 15 is 4.79 Å². The van der Waals surface area contributed by atoms with Gasteiger partial charge in [0, 0.05) is 63.1 Å². The largest absolute Gasteiger partial charge is 0.456 e. The van der Waals surface area contributed by atoms with Gasteiger partial charge in [0.25, 0.3) is 0 Å². The molecule has 0 aliphatic rings. The van der Waals surface area contributed by atoms with Crippen LogP contribution in [0, 0.1) is 0 Å². The van der Waals surface area contributed by atoms with E-state index in [1.165, 1.54) is 340 Å². The Bertz CT molecular complexity index is 4420. The summed E-state index contributed by atoms with van der Waals surface area (Å²) in [6.45, 7) is 20.6. The quantitative estimate of drug-likeness (QED) is 0.0216.